The molecule has 2 amide bonds. The largest absolute Gasteiger partial charge is 0.350 e. The lowest BCUT2D eigenvalue weighted by atomic mass is 10.1. The first-order chi connectivity index (χ1) is 11.8. The topological polar surface area (TPSA) is 49.4 Å². The van der Waals surface area contributed by atoms with Crippen LogP contribution in [-0.4, -0.2) is 24.9 Å². The molecule has 0 heterocycles. The first kappa shape index (κ1) is 18.9. The number of benzene rings is 2. The normalized spacial score (nSPS) is 10.4. The molecule has 25 heavy (non-hydrogen) atoms. The third kappa shape index (κ3) is 4.76. The highest BCUT2D eigenvalue weighted by Crippen LogP contribution is 2.24. The molecule has 132 valence electrons. The lowest BCUT2D eigenvalue weighted by molar-refractivity contribution is -0.116. The lowest BCUT2D eigenvalue weighted by Crippen LogP contribution is -2.38. The van der Waals surface area contributed by atoms with Gasteiger partial charge in [0.25, 0.3) is 5.91 Å². The predicted octanol–water partition coefficient (Wildman–Crippen LogP) is 3.71. The Labute approximate surface area is 149 Å². The lowest BCUT2D eigenvalue weighted by Gasteiger charge is -2.23. The molecule has 0 aliphatic carbocycles. The molecule has 1 N–H and O–H groups in total. The zero-order valence-electron chi connectivity index (χ0n) is 13.8. The first-order valence-electron chi connectivity index (χ1n) is 7.57. The molecule has 0 atom stereocenters. The Morgan fingerprint density at radius 3 is 2.48 bits per heavy atom. The summed E-state index contributed by atoms with van der Waals surface area (Å²) >= 11 is 5.98. The van der Waals surface area contributed by atoms with Crippen LogP contribution in [0.2, 0.25) is 5.02 Å². The Kier molecular flexibility index (Phi) is 6.09. The Bertz CT molecular complexity index is 812. The second-order valence-corrected chi connectivity index (χ2v) is 5.92. The van der Waals surface area contributed by atoms with Crippen LogP contribution >= 0.6 is 11.6 Å². The SMILES string of the molecule is CC(=O)N(CCNC(=O)c1ccc(F)c(F)c1)c1cc(Cl)ccc1C. The summed E-state index contributed by atoms with van der Waals surface area (Å²) in [6.45, 7) is 3.62. The van der Waals surface area contributed by atoms with E-state index in [0.717, 1.165) is 17.7 Å². The van der Waals surface area contributed by atoms with Crippen molar-refractivity contribution < 1.29 is 18.4 Å². The molecule has 0 unspecified atom stereocenters. The molecule has 0 saturated carbocycles. The van der Waals surface area contributed by atoms with Gasteiger partial charge in [-0.05, 0) is 42.8 Å². The summed E-state index contributed by atoms with van der Waals surface area (Å²) in [5.41, 5.74) is 1.53. The Morgan fingerprint density at radius 1 is 1.12 bits per heavy atom. The smallest absolute Gasteiger partial charge is 0.251 e. The third-order valence-corrected chi connectivity index (χ3v) is 3.88. The second kappa shape index (κ2) is 8.07. The van der Waals surface area contributed by atoms with Crippen molar-refractivity contribution in [1.82, 2.24) is 5.32 Å². The van der Waals surface area contributed by atoms with Crippen molar-refractivity contribution in [3.63, 3.8) is 0 Å². The van der Waals surface area contributed by atoms with E-state index >= 15 is 0 Å². The summed E-state index contributed by atoms with van der Waals surface area (Å²) in [5.74, 6) is -2.86. The number of carbonyl (C=O) groups is 2. The molecule has 0 aliphatic heterocycles. The second-order valence-electron chi connectivity index (χ2n) is 5.49. The number of anilines is 1. The van der Waals surface area contributed by atoms with Gasteiger partial charge in [-0.15, -0.1) is 0 Å². The Morgan fingerprint density at radius 2 is 1.84 bits per heavy atom. The number of aryl methyl sites for hydroxylation is 1. The van der Waals surface area contributed by atoms with E-state index in [1.54, 1.807) is 18.2 Å². The van der Waals surface area contributed by atoms with Crippen molar-refractivity contribution in [3.05, 3.63) is 64.2 Å². The molecule has 0 fully saturated rings. The number of amides is 2. The van der Waals surface area contributed by atoms with Gasteiger partial charge >= 0.3 is 0 Å². The average Bonchev–Trinajstić information content (AvgIpc) is 2.56. The van der Waals surface area contributed by atoms with E-state index < -0.39 is 17.5 Å². The predicted molar refractivity (Wildman–Crippen MR) is 92.9 cm³/mol. The zero-order valence-corrected chi connectivity index (χ0v) is 14.5. The van der Waals surface area contributed by atoms with Gasteiger partial charge in [0.1, 0.15) is 0 Å². The molecular weight excluding hydrogens is 350 g/mol. The fourth-order valence-corrected chi connectivity index (χ4v) is 2.51. The quantitative estimate of drug-likeness (QED) is 0.877. The van der Waals surface area contributed by atoms with E-state index in [2.05, 4.69) is 5.32 Å². The van der Waals surface area contributed by atoms with Crippen LogP contribution < -0.4 is 10.2 Å². The number of rotatable bonds is 5. The van der Waals surface area contributed by atoms with Crippen LogP contribution in [0.5, 0.6) is 0 Å². The van der Waals surface area contributed by atoms with Gasteiger partial charge in [0.15, 0.2) is 11.6 Å². The maximum absolute atomic E-state index is 13.2. The van der Waals surface area contributed by atoms with Crippen LogP contribution in [0.25, 0.3) is 0 Å². The van der Waals surface area contributed by atoms with E-state index in [9.17, 15) is 18.4 Å². The van der Waals surface area contributed by atoms with Gasteiger partial charge in [-0.1, -0.05) is 17.7 Å². The van der Waals surface area contributed by atoms with Crippen LogP contribution in [0.1, 0.15) is 22.8 Å². The summed E-state index contributed by atoms with van der Waals surface area (Å²) in [6, 6.07) is 8.11. The van der Waals surface area contributed by atoms with Crippen LogP contribution in [-0.2, 0) is 4.79 Å². The van der Waals surface area contributed by atoms with E-state index in [4.69, 9.17) is 11.6 Å². The number of carbonyl (C=O) groups excluding carboxylic acids is 2. The molecule has 0 bridgehead atoms. The molecule has 2 rings (SSSR count). The van der Waals surface area contributed by atoms with Gasteiger partial charge in [-0.25, -0.2) is 8.78 Å². The maximum atomic E-state index is 13.2. The van der Waals surface area contributed by atoms with Crippen LogP contribution in [0, 0.1) is 18.6 Å². The molecule has 0 aromatic heterocycles. The van der Waals surface area contributed by atoms with Crippen LogP contribution in [0.3, 0.4) is 0 Å². The number of nitrogens with one attached hydrogen (secondary N) is 1. The highest BCUT2D eigenvalue weighted by molar-refractivity contribution is 6.31. The van der Waals surface area contributed by atoms with Crippen molar-refractivity contribution in [2.24, 2.45) is 0 Å². The minimum absolute atomic E-state index is 0.00668. The van der Waals surface area contributed by atoms with Gasteiger partial charge in [-0.2, -0.15) is 0 Å². The summed E-state index contributed by atoms with van der Waals surface area (Å²) in [4.78, 5) is 25.4. The van der Waals surface area contributed by atoms with Crippen molar-refractivity contribution in [2.75, 3.05) is 18.0 Å². The summed E-state index contributed by atoms with van der Waals surface area (Å²) in [5, 5.41) is 3.08. The van der Waals surface area contributed by atoms with Crippen molar-refractivity contribution in [2.45, 2.75) is 13.8 Å². The van der Waals surface area contributed by atoms with Crippen molar-refractivity contribution in [3.8, 4) is 0 Å². The molecule has 0 radical (unpaired) electrons. The first-order valence-corrected chi connectivity index (χ1v) is 7.95. The average molecular weight is 367 g/mol. The fraction of sp³-hybridized carbons (Fsp3) is 0.222. The highest BCUT2D eigenvalue weighted by atomic mass is 35.5. The Hall–Kier alpha value is -2.47. The van der Waals surface area contributed by atoms with Crippen molar-refractivity contribution in [1.29, 1.82) is 0 Å². The molecule has 0 aliphatic rings. The minimum atomic E-state index is -1.09. The van der Waals surface area contributed by atoms with Gasteiger partial charge in [-0.3, -0.25) is 9.59 Å². The molecule has 2 aromatic carbocycles. The van der Waals surface area contributed by atoms with E-state index in [-0.39, 0.29) is 24.6 Å². The third-order valence-electron chi connectivity index (χ3n) is 3.64. The monoisotopic (exact) mass is 366 g/mol. The van der Waals surface area contributed by atoms with Crippen LogP contribution in [0.4, 0.5) is 14.5 Å². The van der Waals surface area contributed by atoms with Gasteiger partial charge in [0, 0.05) is 36.3 Å². The molecule has 0 saturated heterocycles. The van der Waals surface area contributed by atoms with E-state index in [1.165, 1.54) is 17.9 Å². The molecular formula is C18H17ClF2N2O2. The van der Waals surface area contributed by atoms with E-state index in [0.29, 0.717) is 10.7 Å². The van der Waals surface area contributed by atoms with Gasteiger partial charge in [0.2, 0.25) is 5.91 Å². The Balaban J connectivity index is 2.04. The van der Waals surface area contributed by atoms with E-state index in [1.807, 2.05) is 6.92 Å². The highest BCUT2D eigenvalue weighted by Gasteiger charge is 2.15. The molecule has 4 nitrogen and oxygen atoms in total. The minimum Gasteiger partial charge on any atom is -0.350 e. The number of hydrogen-bond donors (Lipinski definition) is 1. The number of nitrogens with zero attached hydrogens (tertiary/aromatic N) is 1. The zero-order chi connectivity index (χ0) is 18.6. The molecule has 7 heteroatoms. The van der Waals surface area contributed by atoms with Gasteiger partial charge < -0.3 is 10.2 Å². The fourth-order valence-electron chi connectivity index (χ4n) is 2.34. The number of hydrogen-bond acceptors (Lipinski definition) is 2. The molecule has 0 spiro atoms. The maximum Gasteiger partial charge on any atom is 0.251 e. The molecule has 2 aromatic rings. The summed E-state index contributed by atoms with van der Waals surface area (Å²) in [7, 11) is 0. The summed E-state index contributed by atoms with van der Waals surface area (Å²) < 4.78 is 26.1. The van der Waals surface area contributed by atoms with Crippen molar-refractivity contribution >= 4 is 29.1 Å². The van der Waals surface area contributed by atoms with Crippen LogP contribution in [0.15, 0.2) is 36.4 Å². The van der Waals surface area contributed by atoms with Gasteiger partial charge in [0.05, 0.1) is 0 Å². The standard InChI is InChI=1S/C18H17ClF2N2O2/c1-11-3-5-14(19)10-17(11)23(12(2)24)8-7-22-18(25)13-4-6-15(20)16(21)9-13/h3-6,9-10H,7-8H2,1-2H3,(H,22,25). The summed E-state index contributed by atoms with van der Waals surface area (Å²) in [6.07, 6.45) is 0. The number of halogens is 3.